The Labute approximate surface area is 131 Å². The smallest absolute Gasteiger partial charge is 0.259 e. The average Bonchev–Trinajstić information content (AvgIpc) is 3.07. The largest absolute Gasteiger partial charge is 0.322 e. The van der Waals surface area contributed by atoms with Gasteiger partial charge in [0.05, 0.1) is 23.0 Å². The monoisotopic (exact) mass is 306 g/mol. The van der Waals surface area contributed by atoms with E-state index in [-0.39, 0.29) is 5.56 Å². The van der Waals surface area contributed by atoms with E-state index in [9.17, 15) is 9.18 Å². The molecule has 1 amide bonds. The van der Waals surface area contributed by atoms with Crippen LogP contribution in [0.3, 0.4) is 0 Å². The average molecular weight is 306 g/mol. The van der Waals surface area contributed by atoms with Crippen LogP contribution in [0.5, 0.6) is 0 Å². The minimum absolute atomic E-state index is 0.127. The van der Waals surface area contributed by atoms with Crippen LogP contribution in [-0.4, -0.2) is 16.1 Å². The summed E-state index contributed by atoms with van der Waals surface area (Å²) in [5.74, 6) is -1.02. The lowest BCUT2D eigenvalue weighted by atomic mass is 10.1. The molecule has 3 aromatic rings. The lowest BCUT2D eigenvalue weighted by molar-refractivity contribution is 0.102. The number of H-pyrrole nitrogens is 1. The van der Waals surface area contributed by atoms with Crippen molar-refractivity contribution >= 4 is 11.6 Å². The van der Waals surface area contributed by atoms with Crippen molar-refractivity contribution in [1.29, 1.82) is 5.26 Å². The van der Waals surface area contributed by atoms with Crippen LogP contribution in [0.1, 0.15) is 15.9 Å². The van der Waals surface area contributed by atoms with E-state index in [0.717, 1.165) is 11.6 Å². The summed E-state index contributed by atoms with van der Waals surface area (Å²) in [5.41, 5.74) is 1.99. The Bertz CT molecular complexity index is 896. The number of anilines is 1. The van der Waals surface area contributed by atoms with E-state index in [1.807, 2.05) is 30.3 Å². The van der Waals surface area contributed by atoms with Gasteiger partial charge in [-0.3, -0.25) is 9.89 Å². The Hall–Kier alpha value is -3.46. The zero-order chi connectivity index (χ0) is 16.2. The molecule has 0 bridgehead atoms. The number of rotatable bonds is 3. The minimum atomic E-state index is -0.626. The molecule has 0 spiro atoms. The molecular weight excluding hydrogens is 295 g/mol. The molecule has 0 fully saturated rings. The summed E-state index contributed by atoms with van der Waals surface area (Å²) in [6.07, 6.45) is 1.42. The molecule has 6 heteroatoms. The van der Waals surface area contributed by atoms with Gasteiger partial charge in [0.1, 0.15) is 11.9 Å². The van der Waals surface area contributed by atoms with E-state index in [2.05, 4.69) is 15.5 Å². The number of nitriles is 1. The van der Waals surface area contributed by atoms with E-state index in [4.69, 9.17) is 5.26 Å². The van der Waals surface area contributed by atoms with Crippen LogP contribution in [0.25, 0.3) is 11.3 Å². The van der Waals surface area contributed by atoms with Crippen LogP contribution in [0, 0.1) is 17.1 Å². The molecule has 23 heavy (non-hydrogen) atoms. The lowest BCUT2D eigenvalue weighted by Crippen LogP contribution is -2.12. The summed E-state index contributed by atoms with van der Waals surface area (Å²) in [7, 11) is 0. The highest BCUT2D eigenvalue weighted by Crippen LogP contribution is 2.22. The van der Waals surface area contributed by atoms with E-state index in [0.29, 0.717) is 16.9 Å². The van der Waals surface area contributed by atoms with Gasteiger partial charge in [0.2, 0.25) is 0 Å². The first-order valence-corrected chi connectivity index (χ1v) is 6.79. The van der Waals surface area contributed by atoms with E-state index < -0.39 is 11.7 Å². The molecular formula is C17H11FN4O. The summed E-state index contributed by atoms with van der Waals surface area (Å²) >= 11 is 0. The third-order valence-electron chi connectivity index (χ3n) is 3.29. The third-order valence-corrected chi connectivity index (χ3v) is 3.29. The van der Waals surface area contributed by atoms with Gasteiger partial charge >= 0.3 is 0 Å². The quantitative estimate of drug-likeness (QED) is 0.778. The molecule has 1 heterocycles. The van der Waals surface area contributed by atoms with Crippen LogP contribution >= 0.6 is 0 Å². The Kier molecular flexibility index (Phi) is 3.85. The fraction of sp³-hybridized carbons (Fsp3) is 0. The molecule has 112 valence electrons. The third kappa shape index (κ3) is 2.94. The zero-order valence-corrected chi connectivity index (χ0v) is 11.9. The summed E-state index contributed by atoms with van der Waals surface area (Å²) < 4.78 is 13.3. The Morgan fingerprint density at radius 3 is 2.74 bits per heavy atom. The number of hydrogen-bond donors (Lipinski definition) is 2. The van der Waals surface area contributed by atoms with E-state index in [1.54, 1.807) is 6.07 Å². The molecule has 0 unspecified atom stereocenters. The minimum Gasteiger partial charge on any atom is -0.322 e. The molecule has 1 aromatic heterocycles. The topological polar surface area (TPSA) is 81.6 Å². The molecule has 2 aromatic carbocycles. The van der Waals surface area contributed by atoms with Crippen molar-refractivity contribution in [2.24, 2.45) is 0 Å². The number of nitrogens with zero attached hydrogens (tertiary/aromatic N) is 2. The van der Waals surface area contributed by atoms with Crippen molar-refractivity contribution in [2.75, 3.05) is 5.32 Å². The Morgan fingerprint density at radius 1 is 1.22 bits per heavy atom. The second kappa shape index (κ2) is 6.12. The summed E-state index contributed by atoms with van der Waals surface area (Å²) in [6.45, 7) is 0. The maximum atomic E-state index is 13.3. The highest BCUT2D eigenvalue weighted by molar-refractivity contribution is 6.08. The van der Waals surface area contributed by atoms with Gasteiger partial charge in [0, 0.05) is 11.3 Å². The molecule has 3 rings (SSSR count). The number of aromatic amines is 1. The van der Waals surface area contributed by atoms with Crippen molar-refractivity contribution in [3.8, 4) is 17.3 Å². The zero-order valence-electron chi connectivity index (χ0n) is 11.9. The van der Waals surface area contributed by atoms with Crippen LogP contribution in [0.15, 0.2) is 54.7 Å². The van der Waals surface area contributed by atoms with Crippen LogP contribution in [0.2, 0.25) is 0 Å². The number of hydrogen-bond acceptors (Lipinski definition) is 3. The molecule has 0 aliphatic heterocycles. The molecule has 0 atom stereocenters. The number of amides is 1. The normalized spacial score (nSPS) is 10.1. The molecule has 0 saturated heterocycles. The molecule has 5 nitrogen and oxygen atoms in total. The lowest BCUT2D eigenvalue weighted by Gasteiger charge is -2.06. The fourth-order valence-corrected chi connectivity index (χ4v) is 2.17. The molecule has 2 N–H and O–H groups in total. The van der Waals surface area contributed by atoms with Crippen molar-refractivity contribution < 1.29 is 9.18 Å². The van der Waals surface area contributed by atoms with Crippen molar-refractivity contribution in [3.63, 3.8) is 0 Å². The highest BCUT2D eigenvalue weighted by Gasteiger charge is 2.15. The van der Waals surface area contributed by atoms with Gasteiger partial charge in [-0.2, -0.15) is 10.4 Å². The predicted octanol–water partition coefficient (Wildman–Crippen LogP) is 3.34. The molecule has 0 saturated carbocycles. The number of halogens is 1. The van der Waals surface area contributed by atoms with Crippen LogP contribution in [-0.2, 0) is 0 Å². The molecule has 0 aliphatic rings. The summed E-state index contributed by atoms with van der Waals surface area (Å²) in [5, 5.41) is 18.2. The van der Waals surface area contributed by atoms with Crippen LogP contribution < -0.4 is 5.32 Å². The standard InChI is InChI=1S/C17H11FN4O/c18-15-7-6-13(8-12(15)9-19)21-17(23)14-10-20-22-16(14)11-4-2-1-3-5-11/h1-8,10H,(H,20,22)(H,21,23). The molecule has 0 radical (unpaired) electrons. The van der Waals surface area contributed by atoms with E-state index >= 15 is 0 Å². The first kappa shape index (κ1) is 14.5. The first-order chi connectivity index (χ1) is 11.2. The van der Waals surface area contributed by atoms with Crippen LogP contribution in [0.4, 0.5) is 10.1 Å². The summed E-state index contributed by atoms with van der Waals surface area (Å²) in [6, 6.07) is 14.9. The van der Waals surface area contributed by atoms with Gasteiger partial charge in [-0.1, -0.05) is 30.3 Å². The van der Waals surface area contributed by atoms with Gasteiger partial charge in [-0.25, -0.2) is 4.39 Å². The van der Waals surface area contributed by atoms with Gasteiger partial charge < -0.3 is 5.32 Å². The van der Waals surface area contributed by atoms with Gasteiger partial charge in [0.15, 0.2) is 0 Å². The van der Waals surface area contributed by atoms with Gasteiger partial charge in [-0.15, -0.1) is 0 Å². The fourth-order valence-electron chi connectivity index (χ4n) is 2.17. The second-order valence-corrected chi connectivity index (χ2v) is 4.79. The van der Waals surface area contributed by atoms with Crippen molar-refractivity contribution in [3.05, 3.63) is 71.7 Å². The SMILES string of the molecule is N#Cc1cc(NC(=O)c2cn[nH]c2-c2ccccc2)ccc1F. The van der Waals surface area contributed by atoms with Gasteiger partial charge in [-0.05, 0) is 18.2 Å². The number of benzene rings is 2. The first-order valence-electron chi connectivity index (χ1n) is 6.79. The van der Waals surface area contributed by atoms with E-state index in [1.165, 1.54) is 18.3 Å². The maximum Gasteiger partial charge on any atom is 0.259 e. The Morgan fingerprint density at radius 2 is 2.00 bits per heavy atom. The number of nitrogens with one attached hydrogen (secondary N) is 2. The predicted molar refractivity (Wildman–Crippen MR) is 83.1 cm³/mol. The highest BCUT2D eigenvalue weighted by atomic mass is 19.1. The number of carbonyl (C=O) groups excluding carboxylic acids is 1. The summed E-state index contributed by atoms with van der Waals surface area (Å²) in [4.78, 5) is 12.4. The van der Waals surface area contributed by atoms with Crippen molar-refractivity contribution in [2.45, 2.75) is 0 Å². The maximum absolute atomic E-state index is 13.3. The number of carbonyl (C=O) groups is 1. The Balaban J connectivity index is 1.88. The van der Waals surface area contributed by atoms with Gasteiger partial charge in [0.25, 0.3) is 5.91 Å². The second-order valence-electron chi connectivity index (χ2n) is 4.79. The molecule has 0 aliphatic carbocycles. The van der Waals surface area contributed by atoms with Crippen molar-refractivity contribution in [1.82, 2.24) is 10.2 Å². The number of aromatic nitrogens is 2.